The number of urea groups is 1. The highest BCUT2D eigenvalue weighted by molar-refractivity contribution is 5.93. The molecule has 2 rings (SSSR count). The summed E-state index contributed by atoms with van der Waals surface area (Å²) in [7, 11) is 1.51. The minimum atomic E-state index is -0.893. The molecule has 0 aliphatic rings. The number of halogens is 1. The molecular formula is C21H26FN3O3. The van der Waals surface area contributed by atoms with E-state index in [1.807, 2.05) is 12.1 Å². The van der Waals surface area contributed by atoms with Crippen LogP contribution < -0.4 is 21.1 Å². The fourth-order valence-corrected chi connectivity index (χ4v) is 2.83. The van der Waals surface area contributed by atoms with E-state index in [2.05, 4.69) is 31.4 Å². The maximum absolute atomic E-state index is 14.1. The van der Waals surface area contributed by atoms with Gasteiger partial charge < -0.3 is 21.1 Å². The van der Waals surface area contributed by atoms with E-state index < -0.39 is 23.8 Å². The Hall–Kier alpha value is -3.09. The second kappa shape index (κ2) is 8.73. The number of anilines is 1. The van der Waals surface area contributed by atoms with Gasteiger partial charge >= 0.3 is 6.03 Å². The van der Waals surface area contributed by atoms with Crippen LogP contribution in [0.5, 0.6) is 5.75 Å². The molecule has 1 atom stereocenters. The SMILES string of the molecule is COc1ccc(C(C)(C)C)cc1NC(=O)CC(NC(N)=O)c1ccccc1F. The minimum Gasteiger partial charge on any atom is -0.495 e. The van der Waals surface area contributed by atoms with Crippen molar-refractivity contribution in [3.63, 3.8) is 0 Å². The number of ether oxygens (including phenoxy) is 1. The molecule has 4 N–H and O–H groups in total. The van der Waals surface area contributed by atoms with E-state index in [1.165, 1.54) is 25.3 Å². The van der Waals surface area contributed by atoms with Crippen molar-refractivity contribution in [2.45, 2.75) is 38.6 Å². The second-order valence-corrected chi connectivity index (χ2v) is 7.50. The highest BCUT2D eigenvalue weighted by Crippen LogP contribution is 2.32. The Bertz CT molecular complexity index is 862. The van der Waals surface area contributed by atoms with Gasteiger partial charge in [0.25, 0.3) is 0 Å². The molecule has 2 aromatic carbocycles. The van der Waals surface area contributed by atoms with Crippen LogP contribution in [-0.4, -0.2) is 19.0 Å². The number of carbonyl (C=O) groups excluding carboxylic acids is 2. The van der Waals surface area contributed by atoms with Crippen LogP contribution in [0.2, 0.25) is 0 Å². The topological polar surface area (TPSA) is 93.4 Å². The zero-order chi connectivity index (χ0) is 20.9. The fourth-order valence-electron chi connectivity index (χ4n) is 2.83. The summed E-state index contributed by atoms with van der Waals surface area (Å²) in [5, 5.41) is 5.21. The second-order valence-electron chi connectivity index (χ2n) is 7.50. The summed E-state index contributed by atoms with van der Waals surface area (Å²) >= 11 is 0. The average molecular weight is 387 g/mol. The normalized spacial score (nSPS) is 12.2. The number of hydrogen-bond acceptors (Lipinski definition) is 3. The Kier molecular flexibility index (Phi) is 6.62. The van der Waals surface area contributed by atoms with E-state index >= 15 is 0 Å². The predicted octanol–water partition coefficient (Wildman–Crippen LogP) is 3.87. The number of nitrogens with one attached hydrogen (secondary N) is 2. The first-order valence-electron chi connectivity index (χ1n) is 8.90. The summed E-state index contributed by atoms with van der Waals surface area (Å²) in [6.07, 6.45) is -0.188. The zero-order valence-electron chi connectivity index (χ0n) is 16.5. The molecule has 0 radical (unpaired) electrons. The van der Waals surface area contributed by atoms with Crippen molar-refractivity contribution in [1.82, 2.24) is 5.32 Å². The van der Waals surface area contributed by atoms with Gasteiger partial charge in [-0.2, -0.15) is 0 Å². The van der Waals surface area contributed by atoms with E-state index in [0.29, 0.717) is 11.4 Å². The molecule has 0 saturated heterocycles. The number of amides is 3. The molecule has 3 amide bonds. The Morgan fingerprint density at radius 1 is 1.18 bits per heavy atom. The molecule has 6 nitrogen and oxygen atoms in total. The van der Waals surface area contributed by atoms with Gasteiger partial charge in [-0.15, -0.1) is 0 Å². The summed E-state index contributed by atoms with van der Waals surface area (Å²) in [5.74, 6) is -0.431. The molecule has 28 heavy (non-hydrogen) atoms. The van der Waals surface area contributed by atoms with Gasteiger partial charge in [0.2, 0.25) is 5.91 Å². The average Bonchev–Trinajstić information content (AvgIpc) is 2.60. The molecule has 2 aromatic rings. The monoisotopic (exact) mass is 387 g/mol. The first kappa shape index (κ1) is 21.2. The number of hydrogen-bond donors (Lipinski definition) is 3. The molecule has 0 aliphatic carbocycles. The quantitative estimate of drug-likeness (QED) is 0.702. The first-order chi connectivity index (χ1) is 13.1. The zero-order valence-corrected chi connectivity index (χ0v) is 16.5. The fraction of sp³-hybridized carbons (Fsp3) is 0.333. The van der Waals surface area contributed by atoms with Gasteiger partial charge in [-0.1, -0.05) is 45.0 Å². The smallest absolute Gasteiger partial charge is 0.312 e. The third-order valence-corrected chi connectivity index (χ3v) is 4.33. The Morgan fingerprint density at radius 2 is 1.86 bits per heavy atom. The summed E-state index contributed by atoms with van der Waals surface area (Å²) < 4.78 is 19.4. The summed E-state index contributed by atoms with van der Waals surface area (Å²) in [4.78, 5) is 24.0. The molecule has 7 heteroatoms. The molecule has 0 fully saturated rings. The van der Waals surface area contributed by atoms with E-state index in [-0.39, 0.29) is 17.4 Å². The predicted molar refractivity (Wildman–Crippen MR) is 107 cm³/mol. The van der Waals surface area contributed by atoms with Crippen LogP contribution in [0.4, 0.5) is 14.9 Å². The van der Waals surface area contributed by atoms with Crippen molar-refractivity contribution in [3.05, 3.63) is 59.4 Å². The van der Waals surface area contributed by atoms with Crippen LogP contribution in [0.3, 0.4) is 0 Å². The molecule has 0 spiro atoms. The van der Waals surface area contributed by atoms with Crippen molar-refractivity contribution in [3.8, 4) is 5.75 Å². The Labute approximate surface area is 164 Å². The molecule has 0 aromatic heterocycles. The maximum Gasteiger partial charge on any atom is 0.312 e. The Balaban J connectivity index is 2.25. The Morgan fingerprint density at radius 3 is 2.43 bits per heavy atom. The number of nitrogens with two attached hydrogens (primary N) is 1. The lowest BCUT2D eigenvalue weighted by atomic mass is 9.87. The van der Waals surface area contributed by atoms with Crippen LogP contribution in [0, 0.1) is 5.82 Å². The van der Waals surface area contributed by atoms with Gasteiger partial charge in [0.15, 0.2) is 0 Å². The van der Waals surface area contributed by atoms with E-state index in [0.717, 1.165) is 5.56 Å². The lowest BCUT2D eigenvalue weighted by Gasteiger charge is -2.22. The van der Waals surface area contributed by atoms with Gasteiger partial charge in [-0.25, -0.2) is 9.18 Å². The largest absolute Gasteiger partial charge is 0.495 e. The van der Waals surface area contributed by atoms with E-state index in [4.69, 9.17) is 10.5 Å². The third-order valence-electron chi connectivity index (χ3n) is 4.33. The lowest BCUT2D eigenvalue weighted by molar-refractivity contribution is -0.116. The number of primary amides is 1. The van der Waals surface area contributed by atoms with Crippen LogP contribution >= 0.6 is 0 Å². The van der Waals surface area contributed by atoms with Gasteiger partial charge in [0, 0.05) is 5.56 Å². The van der Waals surface area contributed by atoms with Crippen LogP contribution in [0.1, 0.15) is 44.4 Å². The van der Waals surface area contributed by atoms with Gasteiger partial charge in [-0.3, -0.25) is 4.79 Å². The van der Waals surface area contributed by atoms with Crippen molar-refractivity contribution in [2.24, 2.45) is 5.73 Å². The highest BCUT2D eigenvalue weighted by Gasteiger charge is 2.22. The molecule has 0 saturated carbocycles. The third kappa shape index (κ3) is 5.45. The van der Waals surface area contributed by atoms with Crippen LogP contribution in [-0.2, 0) is 10.2 Å². The number of benzene rings is 2. The van der Waals surface area contributed by atoms with Gasteiger partial charge in [-0.05, 0) is 29.2 Å². The highest BCUT2D eigenvalue weighted by atomic mass is 19.1. The minimum absolute atomic E-state index is 0.116. The number of methoxy groups -OCH3 is 1. The van der Waals surface area contributed by atoms with Crippen molar-refractivity contribution in [2.75, 3.05) is 12.4 Å². The maximum atomic E-state index is 14.1. The molecular weight excluding hydrogens is 361 g/mol. The van der Waals surface area contributed by atoms with Crippen molar-refractivity contribution >= 4 is 17.6 Å². The van der Waals surface area contributed by atoms with Crippen LogP contribution in [0.15, 0.2) is 42.5 Å². The first-order valence-corrected chi connectivity index (χ1v) is 8.90. The van der Waals surface area contributed by atoms with Crippen molar-refractivity contribution in [1.29, 1.82) is 0 Å². The molecule has 0 heterocycles. The van der Waals surface area contributed by atoms with Gasteiger partial charge in [0.1, 0.15) is 11.6 Å². The number of carbonyl (C=O) groups is 2. The van der Waals surface area contributed by atoms with E-state index in [9.17, 15) is 14.0 Å². The van der Waals surface area contributed by atoms with Gasteiger partial charge in [0.05, 0.1) is 25.3 Å². The summed E-state index contributed by atoms with van der Waals surface area (Å²) in [5.41, 5.74) is 6.79. The molecule has 1 unspecified atom stereocenters. The molecule has 150 valence electrons. The van der Waals surface area contributed by atoms with Crippen LogP contribution in [0.25, 0.3) is 0 Å². The van der Waals surface area contributed by atoms with E-state index in [1.54, 1.807) is 12.1 Å². The summed E-state index contributed by atoms with van der Waals surface area (Å²) in [6, 6.07) is 9.76. The standard InChI is InChI=1S/C21H26FN3O3/c1-21(2,3)13-9-10-18(28-4)17(11-13)24-19(26)12-16(25-20(23)27)14-7-5-6-8-15(14)22/h5-11,16H,12H2,1-4H3,(H,24,26)(H3,23,25,27). The number of rotatable bonds is 6. The lowest BCUT2D eigenvalue weighted by Crippen LogP contribution is -2.35. The molecule has 0 bridgehead atoms. The molecule has 0 aliphatic heterocycles. The van der Waals surface area contributed by atoms with Crippen molar-refractivity contribution < 1.29 is 18.7 Å². The summed E-state index contributed by atoms with van der Waals surface area (Å²) in [6.45, 7) is 6.18.